The van der Waals surface area contributed by atoms with Crippen molar-refractivity contribution < 1.29 is 14.7 Å². The van der Waals surface area contributed by atoms with Gasteiger partial charge in [-0.3, -0.25) is 9.59 Å². The van der Waals surface area contributed by atoms with Crippen LogP contribution >= 0.6 is 0 Å². The molecule has 1 aliphatic carbocycles. The van der Waals surface area contributed by atoms with Crippen LogP contribution in [0.3, 0.4) is 0 Å². The summed E-state index contributed by atoms with van der Waals surface area (Å²) in [5.74, 6) is 0.312. The molecule has 2 rings (SSSR count). The first-order valence-corrected chi connectivity index (χ1v) is 8.28. The van der Waals surface area contributed by atoms with Gasteiger partial charge in [0.1, 0.15) is 0 Å². The Bertz CT molecular complexity index is 391. The number of carbonyl (C=O) groups is 2. The Morgan fingerprint density at radius 1 is 1.10 bits per heavy atom. The topological polar surface area (TPSA) is 57.6 Å². The molecule has 1 unspecified atom stereocenters. The summed E-state index contributed by atoms with van der Waals surface area (Å²) in [5, 5.41) is 9.00. The van der Waals surface area contributed by atoms with Crippen molar-refractivity contribution >= 4 is 11.9 Å². The molecule has 0 spiro atoms. The van der Waals surface area contributed by atoms with Crippen molar-refractivity contribution in [2.45, 2.75) is 59.3 Å². The number of carbonyl (C=O) groups excluding carboxylic acids is 1. The molecule has 120 valence electrons. The van der Waals surface area contributed by atoms with Crippen molar-refractivity contribution in [2.75, 3.05) is 13.1 Å². The molecule has 0 aromatic carbocycles. The van der Waals surface area contributed by atoms with E-state index in [1.54, 1.807) is 4.90 Å². The molecule has 1 heterocycles. The van der Waals surface area contributed by atoms with Gasteiger partial charge >= 0.3 is 5.97 Å². The maximum absolute atomic E-state index is 12.3. The van der Waals surface area contributed by atoms with Gasteiger partial charge in [0.2, 0.25) is 5.91 Å². The van der Waals surface area contributed by atoms with Crippen molar-refractivity contribution in [1.29, 1.82) is 0 Å². The molecule has 0 bridgehead atoms. The van der Waals surface area contributed by atoms with Gasteiger partial charge < -0.3 is 10.0 Å². The lowest BCUT2D eigenvalue weighted by atomic mass is 9.69. The second kappa shape index (κ2) is 6.37. The molecule has 1 aliphatic heterocycles. The number of carboxylic acids is 1. The third-order valence-corrected chi connectivity index (χ3v) is 5.42. The fourth-order valence-corrected chi connectivity index (χ4v) is 3.80. The maximum atomic E-state index is 12.3. The van der Waals surface area contributed by atoms with E-state index in [1.807, 2.05) is 0 Å². The van der Waals surface area contributed by atoms with Crippen molar-refractivity contribution in [1.82, 2.24) is 4.90 Å². The minimum atomic E-state index is -0.768. The maximum Gasteiger partial charge on any atom is 0.308 e. The van der Waals surface area contributed by atoms with Gasteiger partial charge in [-0.05, 0) is 49.4 Å². The van der Waals surface area contributed by atoms with Gasteiger partial charge in [-0.25, -0.2) is 0 Å². The quantitative estimate of drug-likeness (QED) is 0.870. The van der Waals surface area contributed by atoms with Crippen LogP contribution in [0.25, 0.3) is 0 Å². The van der Waals surface area contributed by atoms with Gasteiger partial charge in [0, 0.05) is 19.5 Å². The van der Waals surface area contributed by atoms with Crippen LogP contribution in [-0.2, 0) is 9.59 Å². The van der Waals surface area contributed by atoms with E-state index in [1.165, 1.54) is 12.8 Å². The molecule has 4 nitrogen and oxygen atoms in total. The molecule has 1 saturated carbocycles. The van der Waals surface area contributed by atoms with Gasteiger partial charge in [-0.2, -0.15) is 0 Å². The van der Waals surface area contributed by atoms with Gasteiger partial charge in [0.05, 0.1) is 5.92 Å². The lowest BCUT2D eigenvalue weighted by Gasteiger charge is -2.37. The predicted molar refractivity (Wildman–Crippen MR) is 81.8 cm³/mol. The zero-order chi connectivity index (χ0) is 15.6. The van der Waals surface area contributed by atoms with Gasteiger partial charge in [-0.1, -0.05) is 20.8 Å². The number of nitrogens with zero attached hydrogens (tertiary/aromatic N) is 1. The normalized spacial score (nSPS) is 30.4. The monoisotopic (exact) mass is 295 g/mol. The van der Waals surface area contributed by atoms with E-state index in [2.05, 4.69) is 20.8 Å². The molecule has 2 aliphatic rings. The molecule has 1 N–H and O–H groups in total. The van der Waals surface area contributed by atoms with Crippen LogP contribution in [0.2, 0.25) is 0 Å². The van der Waals surface area contributed by atoms with E-state index in [4.69, 9.17) is 5.11 Å². The second-order valence-electron chi connectivity index (χ2n) is 7.95. The largest absolute Gasteiger partial charge is 0.481 e. The summed E-state index contributed by atoms with van der Waals surface area (Å²) in [6.07, 6.45) is 5.95. The Morgan fingerprint density at radius 3 is 2.19 bits per heavy atom. The van der Waals surface area contributed by atoms with Gasteiger partial charge in [0.25, 0.3) is 0 Å². The zero-order valence-electron chi connectivity index (χ0n) is 13.6. The molecule has 1 atom stereocenters. The molecular formula is C17H29NO3. The second-order valence-corrected chi connectivity index (χ2v) is 7.95. The van der Waals surface area contributed by atoms with E-state index in [0.29, 0.717) is 37.3 Å². The average molecular weight is 295 g/mol. The lowest BCUT2D eigenvalue weighted by molar-refractivity contribution is -0.141. The third kappa shape index (κ3) is 4.21. The Morgan fingerprint density at radius 2 is 1.71 bits per heavy atom. The summed E-state index contributed by atoms with van der Waals surface area (Å²) in [4.78, 5) is 25.0. The number of likely N-dealkylation sites (tertiary alicyclic amines) is 1. The minimum Gasteiger partial charge on any atom is -0.481 e. The molecule has 0 aromatic rings. The first-order valence-electron chi connectivity index (χ1n) is 8.28. The van der Waals surface area contributed by atoms with Crippen molar-refractivity contribution in [3.8, 4) is 0 Å². The molecule has 2 fully saturated rings. The van der Waals surface area contributed by atoms with E-state index < -0.39 is 5.97 Å². The van der Waals surface area contributed by atoms with Crippen molar-refractivity contribution in [2.24, 2.45) is 23.2 Å². The number of carboxylic acid groups (broad SMARTS) is 1. The highest BCUT2D eigenvalue weighted by Crippen LogP contribution is 2.40. The first-order chi connectivity index (χ1) is 9.77. The number of rotatable bonds is 3. The van der Waals surface area contributed by atoms with E-state index in [9.17, 15) is 9.59 Å². The third-order valence-electron chi connectivity index (χ3n) is 5.42. The number of hydrogen-bond acceptors (Lipinski definition) is 2. The fraction of sp³-hybridized carbons (Fsp3) is 0.882. The molecule has 0 radical (unpaired) electrons. The number of amides is 1. The Balaban J connectivity index is 1.76. The Kier molecular flexibility index (Phi) is 4.95. The summed E-state index contributed by atoms with van der Waals surface area (Å²) >= 11 is 0. The van der Waals surface area contributed by atoms with Crippen molar-refractivity contribution in [3.05, 3.63) is 0 Å². The van der Waals surface area contributed by atoms with Crippen LogP contribution in [0.4, 0.5) is 0 Å². The Labute approximate surface area is 127 Å². The highest BCUT2D eigenvalue weighted by atomic mass is 16.4. The lowest BCUT2D eigenvalue weighted by Crippen LogP contribution is -2.33. The smallest absolute Gasteiger partial charge is 0.308 e. The van der Waals surface area contributed by atoms with Gasteiger partial charge in [-0.15, -0.1) is 0 Å². The molecule has 21 heavy (non-hydrogen) atoms. The Hall–Kier alpha value is -1.06. The summed E-state index contributed by atoms with van der Waals surface area (Å²) in [5.41, 5.74) is 0.374. The number of hydrogen-bond donors (Lipinski definition) is 1. The summed E-state index contributed by atoms with van der Waals surface area (Å²) in [6.45, 7) is 7.94. The summed E-state index contributed by atoms with van der Waals surface area (Å²) in [7, 11) is 0. The first kappa shape index (κ1) is 16.3. The predicted octanol–water partition coefficient (Wildman–Crippen LogP) is 3.16. The highest BCUT2D eigenvalue weighted by molar-refractivity contribution is 5.78. The summed E-state index contributed by atoms with van der Waals surface area (Å²) in [6, 6.07) is 0. The standard InChI is InChI=1S/C17H29NO3/c1-17(2,3)14-6-4-12(5-7-14)10-15(19)18-9-8-13(11-18)16(20)21/h12-14H,4-11H2,1-3H3,(H,20,21). The molecule has 1 amide bonds. The van der Waals surface area contributed by atoms with Crippen molar-refractivity contribution in [3.63, 3.8) is 0 Å². The number of aliphatic carboxylic acids is 1. The average Bonchev–Trinajstić information content (AvgIpc) is 2.88. The van der Waals surface area contributed by atoms with Crippen LogP contribution < -0.4 is 0 Å². The fourth-order valence-electron chi connectivity index (χ4n) is 3.80. The van der Waals surface area contributed by atoms with Crippen LogP contribution in [0.5, 0.6) is 0 Å². The molecule has 1 saturated heterocycles. The van der Waals surface area contributed by atoms with E-state index >= 15 is 0 Å². The SMILES string of the molecule is CC(C)(C)C1CCC(CC(=O)N2CCC(C(=O)O)C2)CC1. The van der Waals surface area contributed by atoms with Crippen LogP contribution in [-0.4, -0.2) is 35.0 Å². The van der Waals surface area contributed by atoms with Crippen LogP contribution in [0, 0.1) is 23.2 Å². The molecule has 4 heteroatoms. The van der Waals surface area contributed by atoms with Gasteiger partial charge in [0.15, 0.2) is 0 Å². The highest BCUT2D eigenvalue weighted by Gasteiger charge is 2.34. The zero-order valence-corrected chi connectivity index (χ0v) is 13.6. The molecule has 0 aromatic heterocycles. The van der Waals surface area contributed by atoms with E-state index in [0.717, 1.165) is 18.8 Å². The molecular weight excluding hydrogens is 266 g/mol. The van der Waals surface area contributed by atoms with E-state index in [-0.39, 0.29) is 11.8 Å². The minimum absolute atomic E-state index is 0.165. The van der Waals surface area contributed by atoms with Crippen LogP contribution in [0.1, 0.15) is 59.3 Å². The summed E-state index contributed by atoms with van der Waals surface area (Å²) < 4.78 is 0. The van der Waals surface area contributed by atoms with Crippen LogP contribution in [0.15, 0.2) is 0 Å².